The minimum Gasteiger partial charge on any atom is -0.311 e. The van der Waals surface area contributed by atoms with E-state index in [0.29, 0.717) is 0 Å². The molecule has 2 fully saturated rings. The van der Waals surface area contributed by atoms with E-state index in [9.17, 15) is 0 Å². The Labute approximate surface area is 62.6 Å². The lowest BCUT2D eigenvalue weighted by molar-refractivity contribution is 0.406. The molecule has 0 aromatic carbocycles. The first-order valence-electron chi connectivity index (χ1n) is 3.71. The average molecular weight is 148 g/mol. The van der Waals surface area contributed by atoms with E-state index in [1.165, 1.54) is 32.1 Å². The first kappa shape index (κ1) is 7.36. The van der Waals surface area contributed by atoms with Crippen molar-refractivity contribution >= 4 is 12.4 Å². The fourth-order valence-electron chi connectivity index (χ4n) is 1.97. The predicted molar refractivity (Wildman–Crippen MR) is 41.0 cm³/mol. The summed E-state index contributed by atoms with van der Waals surface area (Å²) >= 11 is 0. The fraction of sp³-hybridized carbons (Fsp3) is 1.00. The van der Waals surface area contributed by atoms with Gasteiger partial charge in [-0.3, -0.25) is 0 Å². The van der Waals surface area contributed by atoms with Gasteiger partial charge >= 0.3 is 0 Å². The summed E-state index contributed by atoms with van der Waals surface area (Å²) in [7, 11) is 0. The maximum absolute atomic E-state index is 3.59. The van der Waals surface area contributed by atoms with Crippen LogP contribution in [-0.4, -0.2) is 12.1 Å². The number of piperidine rings is 1. The number of halogens is 1. The van der Waals surface area contributed by atoms with Crippen LogP contribution in [0.5, 0.6) is 0 Å². The maximum atomic E-state index is 3.59. The van der Waals surface area contributed by atoms with Crippen LogP contribution in [0.2, 0.25) is 0 Å². The lowest BCUT2D eigenvalue weighted by Gasteiger charge is -2.19. The molecule has 2 aliphatic rings. The standard InChI is InChI=1S/C7H13N.ClH/c1-2-6-4-5-7(3-1)8-6;/h6-8H,1-5H2;1H/t6-,7+;. The topological polar surface area (TPSA) is 12.0 Å². The van der Waals surface area contributed by atoms with Crippen molar-refractivity contribution in [3.05, 3.63) is 0 Å². The number of rotatable bonds is 0. The second-order valence-corrected chi connectivity index (χ2v) is 3.07. The van der Waals surface area contributed by atoms with Gasteiger partial charge in [-0.05, 0) is 25.7 Å². The second kappa shape index (κ2) is 2.89. The zero-order valence-corrected chi connectivity index (χ0v) is 6.41. The highest BCUT2D eigenvalue weighted by Crippen LogP contribution is 2.25. The van der Waals surface area contributed by atoms with Crippen LogP contribution in [0, 0.1) is 0 Å². The molecule has 2 aliphatic heterocycles. The van der Waals surface area contributed by atoms with Crippen molar-refractivity contribution in [2.24, 2.45) is 0 Å². The van der Waals surface area contributed by atoms with Crippen LogP contribution in [0.15, 0.2) is 0 Å². The Kier molecular flexibility index (Phi) is 2.36. The van der Waals surface area contributed by atoms with Crippen molar-refractivity contribution in [2.45, 2.75) is 44.2 Å². The Bertz CT molecular complexity index is 80.9. The largest absolute Gasteiger partial charge is 0.311 e. The SMILES string of the molecule is C1C[C@@H]2CC[C@H](C1)N2.Cl. The molecule has 2 atom stereocenters. The maximum Gasteiger partial charge on any atom is 0.00702 e. The van der Waals surface area contributed by atoms with Crippen molar-refractivity contribution in [1.82, 2.24) is 5.32 Å². The molecule has 9 heavy (non-hydrogen) atoms. The van der Waals surface area contributed by atoms with Crippen LogP contribution in [0.25, 0.3) is 0 Å². The third-order valence-electron chi connectivity index (χ3n) is 2.44. The Morgan fingerprint density at radius 3 is 1.89 bits per heavy atom. The van der Waals surface area contributed by atoms with Crippen LogP contribution >= 0.6 is 12.4 Å². The van der Waals surface area contributed by atoms with Crippen LogP contribution in [-0.2, 0) is 0 Å². The molecular weight excluding hydrogens is 134 g/mol. The Balaban J connectivity index is 0.000000405. The highest BCUT2D eigenvalue weighted by Gasteiger charge is 2.26. The molecule has 1 nitrogen and oxygen atoms in total. The van der Waals surface area contributed by atoms with E-state index in [4.69, 9.17) is 0 Å². The predicted octanol–water partition coefficient (Wildman–Crippen LogP) is 1.71. The molecule has 1 N–H and O–H groups in total. The molecule has 0 aliphatic carbocycles. The van der Waals surface area contributed by atoms with Gasteiger partial charge in [0.1, 0.15) is 0 Å². The van der Waals surface area contributed by atoms with E-state index < -0.39 is 0 Å². The fourth-order valence-corrected chi connectivity index (χ4v) is 1.97. The van der Waals surface area contributed by atoms with Crippen LogP contribution < -0.4 is 5.32 Å². The molecular formula is C7H14ClN. The molecule has 0 radical (unpaired) electrons. The molecule has 2 saturated heterocycles. The molecule has 2 heteroatoms. The molecule has 0 aromatic heterocycles. The number of hydrogen-bond donors (Lipinski definition) is 1. The third kappa shape index (κ3) is 1.39. The zero-order chi connectivity index (χ0) is 5.40. The second-order valence-electron chi connectivity index (χ2n) is 3.07. The quantitative estimate of drug-likeness (QED) is 0.550. The van der Waals surface area contributed by atoms with Gasteiger partial charge in [0.2, 0.25) is 0 Å². The zero-order valence-electron chi connectivity index (χ0n) is 5.60. The minimum atomic E-state index is 0. The highest BCUT2D eigenvalue weighted by molar-refractivity contribution is 5.85. The Morgan fingerprint density at radius 2 is 1.44 bits per heavy atom. The van der Waals surface area contributed by atoms with Gasteiger partial charge in [0, 0.05) is 12.1 Å². The summed E-state index contributed by atoms with van der Waals surface area (Å²) in [5, 5.41) is 3.59. The summed E-state index contributed by atoms with van der Waals surface area (Å²) in [6.45, 7) is 0. The van der Waals surface area contributed by atoms with Crippen LogP contribution in [0.3, 0.4) is 0 Å². The van der Waals surface area contributed by atoms with Crippen molar-refractivity contribution in [3.63, 3.8) is 0 Å². The lowest BCUT2D eigenvalue weighted by atomic mass is 10.1. The monoisotopic (exact) mass is 147 g/mol. The highest BCUT2D eigenvalue weighted by atomic mass is 35.5. The van der Waals surface area contributed by atoms with Crippen molar-refractivity contribution in [1.29, 1.82) is 0 Å². The molecule has 2 rings (SSSR count). The van der Waals surface area contributed by atoms with Crippen molar-refractivity contribution in [3.8, 4) is 0 Å². The van der Waals surface area contributed by atoms with Gasteiger partial charge in [-0.1, -0.05) is 6.42 Å². The van der Waals surface area contributed by atoms with E-state index in [1.54, 1.807) is 0 Å². The molecule has 0 spiro atoms. The van der Waals surface area contributed by atoms with Crippen molar-refractivity contribution in [2.75, 3.05) is 0 Å². The summed E-state index contributed by atoms with van der Waals surface area (Å²) in [5.74, 6) is 0. The molecule has 0 saturated carbocycles. The van der Waals surface area contributed by atoms with E-state index in [1.807, 2.05) is 0 Å². The van der Waals surface area contributed by atoms with Gasteiger partial charge in [-0.2, -0.15) is 0 Å². The summed E-state index contributed by atoms with van der Waals surface area (Å²) in [4.78, 5) is 0. The molecule has 0 aromatic rings. The van der Waals surface area contributed by atoms with Gasteiger partial charge in [-0.25, -0.2) is 0 Å². The van der Waals surface area contributed by atoms with Gasteiger partial charge in [0.15, 0.2) is 0 Å². The molecule has 2 heterocycles. The molecule has 0 amide bonds. The van der Waals surface area contributed by atoms with Gasteiger partial charge in [0.25, 0.3) is 0 Å². The van der Waals surface area contributed by atoms with Gasteiger partial charge in [0.05, 0.1) is 0 Å². The summed E-state index contributed by atoms with van der Waals surface area (Å²) in [6, 6.07) is 1.82. The van der Waals surface area contributed by atoms with E-state index in [0.717, 1.165) is 12.1 Å². The van der Waals surface area contributed by atoms with E-state index >= 15 is 0 Å². The van der Waals surface area contributed by atoms with Crippen LogP contribution in [0.1, 0.15) is 32.1 Å². The molecule has 54 valence electrons. The lowest BCUT2D eigenvalue weighted by Crippen LogP contribution is -2.33. The van der Waals surface area contributed by atoms with Gasteiger partial charge in [-0.15, -0.1) is 12.4 Å². The minimum absolute atomic E-state index is 0. The summed E-state index contributed by atoms with van der Waals surface area (Å²) in [5.41, 5.74) is 0. The van der Waals surface area contributed by atoms with Gasteiger partial charge < -0.3 is 5.32 Å². The number of fused-ring (bicyclic) bond motifs is 2. The summed E-state index contributed by atoms with van der Waals surface area (Å²) < 4.78 is 0. The van der Waals surface area contributed by atoms with Crippen LogP contribution in [0.4, 0.5) is 0 Å². The normalized spacial score (nSPS) is 40.0. The van der Waals surface area contributed by atoms with E-state index in [2.05, 4.69) is 5.32 Å². The average Bonchev–Trinajstić information content (AvgIpc) is 2.12. The smallest absolute Gasteiger partial charge is 0.00702 e. The third-order valence-corrected chi connectivity index (χ3v) is 2.44. The molecule has 2 bridgehead atoms. The Morgan fingerprint density at radius 1 is 0.889 bits per heavy atom. The number of nitrogens with one attached hydrogen (secondary N) is 1. The van der Waals surface area contributed by atoms with Crippen molar-refractivity contribution < 1.29 is 0 Å². The first-order chi connectivity index (χ1) is 3.95. The molecule has 0 unspecified atom stereocenters. The summed E-state index contributed by atoms with van der Waals surface area (Å²) in [6.07, 6.45) is 7.25. The Hall–Kier alpha value is 0.250. The number of hydrogen-bond acceptors (Lipinski definition) is 1. The first-order valence-corrected chi connectivity index (χ1v) is 3.71. The van der Waals surface area contributed by atoms with E-state index in [-0.39, 0.29) is 12.4 Å².